The minimum absolute atomic E-state index is 0.415. The Bertz CT molecular complexity index is 376. The molecule has 0 aliphatic heterocycles. The van der Waals surface area contributed by atoms with Crippen molar-refractivity contribution >= 4 is 21.7 Å². The molecule has 0 bridgehead atoms. The average Bonchev–Trinajstić information content (AvgIpc) is 2.52. The normalized spacial score (nSPS) is 18.6. The van der Waals surface area contributed by atoms with E-state index in [9.17, 15) is 0 Å². The molecule has 1 fully saturated rings. The summed E-state index contributed by atoms with van der Waals surface area (Å²) in [6.07, 6.45) is 7.76. The third-order valence-electron chi connectivity index (χ3n) is 3.63. The van der Waals surface area contributed by atoms with Crippen LogP contribution in [-0.4, -0.2) is 9.78 Å². The van der Waals surface area contributed by atoms with Crippen molar-refractivity contribution in [1.82, 2.24) is 9.78 Å². The standard InChI is InChI=1S/C13H22BrN3/c1-9(2)12-11(14)13(15)17(16-12)10-7-5-3-4-6-8-10/h9-10H,3-8,15H2,1-2H3. The van der Waals surface area contributed by atoms with E-state index in [1.54, 1.807) is 0 Å². The monoisotopic (exact) mass is 299 g/mol. The van der Waals surface area contributed by atoms with Crippen molar-refractivity contribution in [2.24, 2.45) is 0 Å². The van der Waals surface area contributed by atoms with E-state index in [0.29, 0.717) is 12.0 Å². The SMILES string of the molecule is CC(C)c1nn(C2CCCCCC2)c(N)c1Br. The van der Waals surface area contributed by atoms with Gasteiger partial charge in [-0.2, -0.15) is 5.10 Å². The van der Waals surface area contributed by atoms with Crippen LogP contribution >= 0.6 is 15.9 Å². The molecular weight excluding hydrogens is 278 g/mol. The van der Waals surface area contributed by atoms with E-state index in [0.717, 1.165) is 16.0 Å². The van der Waals surface area contributed by atoms with Gasteiger partial charge in [0.1, 0.15) is 5.82 Å². The largest absolute Gasteiger partial charge is 0.383 e. The number of hydrogen-bond acceptors (Lipinski definition) is 2. The Hall–Kier alpha value is -0.510. The van der Waals surface area contributed by atoms with Crippen LogP contribution in [0.15, 0.2) is 4.47 Å². The molecule has 1 heterocycles. The lowest BCUT2D eigenvalue weighted by Gasteiger charge is -2.16. The molecule has 1 aliphatic rings. The van der Waals surface area contributed by atoms with Crippen LogP contribution in [0.4, 0.5) is 5.82 Å². The third-order valence-corrected chi connectivity index (χ3v) is 4.44. The first-order valence-corrected chi connectivity index (χ1v) is 7.44. The number of nitrogen functional groups attached to an aromatic ring is 1. The molecule has 1 aromatic heterocycles. The van der Waals surface area contributed by atoms with Crippen LogP contribution in [0.1, 0.15) is 70.0 Å². The molecule has 0 unspecified atom stereocenters. The number of rotatable bonds is 2. The molecule has 17 heavy (non-hydrogen) atoms. The number of anilines is 1. The first-order chi connectivity index (χ1) is 8.11. The highest BCUT2D eigenvalue weighted by Gasteiger charge is 2.22. The van der Waals surface area contributed by atoms with Gasteiger partial charge in [-0.1, -0.05) is 39.5 Å². The fourth-order valence-corrected chi connectivity index (χ4v) is 3.31. The van der Waals surface area contributed by atoms with Gasteiger partial charge in [0.05, 0.1) is 16.2 Å². The first-order valence-electron chi connectivity index (χ1n) is 6.64. The van der Waals surface area contributed by atoms with Gasteiger partial charge in [0, 0.05) is 0 Å². The summed E-state index contributed by atoms with van der Waals surface area (Å²) in [5.74, 6) is 1.22. The predicted molar refractivity (Wildman–Crippen MR) is 75.2 cm³/mol. The van der Waals surface area contributed by atoms with Gasteiger partial charge in [-0.15, -0.1) is 0 Å². The van der Waals surface area contributed by atoms with Crippen LogP contribution in [0.2, 0.25) is 0 Å². The van der Waals surface area contributed by atoms with Gasteiger partial charge in [0.2, 0.25) is 0 Å². The smallest absolute Gasteiger partial charge is 0.136 e. The van der Waals surface area contributed by atoms with E-state index >= 15 is 0 Å². The zero-order valence-electron chi connectivity index (χ0n) is 10.7. The van der Waals surface area contributed by atoms with Crippen molar-refractivity contribution in [3.63, 3.8) is 0 Å². The van der Waals surface area contributed by atoms with Crippen LogP contribution in [0.5, 0.6) is 0 Å². The Morgan fingerprint density at radius 1 is 1.24 bits per heavy atom. The van der Waals surface area contributed by atoms with Crippen LogP contribution < -0.4 is 5.73 Å². The summed E-state index contributed by atoms with van der Waals surface area (Å²) in [4.78, 5) is 0. The second kappa shape index (κ2) is 5.42. The summed E-state index contributed by atoms with van der Waals surface area (Å²) < 4.78 is 3.06. The predicted octanol–water partition coefficient (Wildman–Crippen LogP) is 4.25. The summed E-state index contributed by atoms with van der Waals surface area (Å²) >= 11 is 3.58. The molecule has 4 heteroatoms. The van der Waals surface area contributed by atoms with Crippen molar-refractivity contribution in [3.8, 4) is 0 Å². The molecule has 96 valence electrons. The van der Waals surface area contributed by atoms with Gasteiger partial charge < -0.3 is 5.73 Å². The van der Waals surface area contributed by atoms with Gasteiger partial charge in [-0.05, 0) is 34.7 Å². The van der Waals surface area contributed by atoms with Gasteiger partial charge >= 0.3 is 0 Å². The van der Waals surface area contributed by atoms with E-state index in [4.69, 9.17) is 10.8 Å². The molecule has 1 saturated carbocycles. The van der Waals surface area contributed by atoms with Crippen molar-refractivity contribution < 1.29 is 0 Å². The van der Waals surface area contributed by atoms with E-state index in [2.05, 4.69) is 34.5 Å². The molecule has 0 saturated heterocycles. The van der Waals surface area contributed by atoms with Crippen molar-refractivity contribution in [1.29, 1.82) is 0 Å². The summed E-state index contributed by atoms with van der Waals surface area (Å²) in [7, 11) is 0. The van der Waals surface area contributed by atoms with Crippen molar-refractivity contribution in [2.75, 3.05) is 5.73 Å². The molecule has 0 atom stereocenters. The molecule has 3 nitrogen and oxygen atoms in total. The van der Waals surface area contributed by atoms with Gasteiger partial charge in [0.15, 0.2) is 0 Å². The lowest BCUT2D eigenvalue weighted by Crippen LogP contribution is -2.13. The molecule has 0 amide bonds. The van der Waals surface area contributed by atoms with Crippen molar-refractivity contribution in [3.05, 3.63) is 10.2 Å². The number of nitrogens with two attached hydrogens (primary N) is 1. The molecule has 0 radical (unpaired) electrons. The Morgan fingerprint density at radius 2 is 1.82 bits per heavy atom. The summed E-state index contributed by atoms with van der Waals surface area (Å²) in [5, 5.41) is 4.72. The van der Waals surface area contributed by atoms with Gasteiger partial charge in [-0.3, -0.25) is 0 Å². The number of halogens is 1. The maximum Gasteiger partial charge on any atom is 0.136 e. The molecule has 0 spiro atoms. The quantitative estimate of drug-likeness (QED) is 0.830. The fraction of sp³-hybridized carbons (Fsp3) is 0.769. The summed E-state index contributed by atoms with van der Waals surface area (Å²) in [6, 6.07) is 0.501. The van der Waals surface area contributed by atoms with Crippen LogP contribution in [0.3, 0.4) is 0 Å². The topological polar surface area (TPSA) is 43.8 Å². The highest BCUT2D eigenvalue weighted by atomic mass is 79.9. The van der Waals surface area contributed by atoms with Crippen LogP contribution in [-0.2, 0) is 0 Å². The maximum absolute atomic E-state index is 6.18. The second-order valence-corrected chi connectivity index (χ2v) is 6.12. The lowest BCUT2D eigenvalue weighted by molar-refractivity contribution is 0.407. The van der Waals surface area contributed by atoms with E-state index in [1.165, 1.54) is 38.5 Å². The van der Waals surface area contributed by atoms with E-state index in [-0.39, 0.29) is 0 Å². The van der Waals surface area contributed by atoms with Gasteiger partial charge in [-0.25, -0.2) is 4.68 Å². The average molecular weight is 300 g/mol. The molecule has 1 aliphatic carbocycles. The lowest BCUT2D eigenvalue weighted by atomic mass is 10.1. The Morgan fingerprint density at radius 3 is 2.29 bits per heavy atom. The highest BCUT2D eigenvalue weighted by molar-refractivity contribution is 9.10. The first kappa shape index (κ1) is 12.9. The van der Waals surface area contributed by atoms with Gasteiger partial charge in [0.25, 0.3) is 0 Å². The summed E-state index contributed by atoms with van der Waals surface area (Å²) in [5.41, 5.74) is 7.27. The third kappa shape index (κ3) is 2.67. The molecule has 2 rings (SSSR count). The number of hydrogen-bond donors (Lipinski definition) is 1. The minimum Gasteiger partial charge on any atom is -0.383 e. The van der Waals surface area contributed by atoms with E-state index < -0.39 is 0 Å². The second-order valence-electron chi connectivity index (χ2n) is 5.33. The Balaban J connectivity index is 2.28. The summed E-state index contributed by atoms with van der Waals surface area (Å²) in [6.45, 7) is 4.31. The Labute approximate surface area is 112 Å². The Kier molecular flexibility index (Phi) is 4.13. The molecule has 1 aromatic rings. The highest BCUT2D eigenvalue weighted by Crippen LogP contribution is 2.35. The minimum atomic E-state index is 0.415. The zero-order chi connectivity index (χ0) is 12.4. The van der Waals surface area contributed by atoms with Crippen LogP contribution in [0.25, 0.3) is 0 Å². The molecule has 2 N–H and O–H groups in total. The maximum atomic E-state index is 6.18. The fourth-order valence-electron chi connectivity index (χ4n) is 2.60. The zero-order valence-corrected chi connectivity index (χ0v) is 12.3. The van der Waals surface area contributed by atoms with Crippen molar-refractivity contribution in [2.45, 2.75) is 64.3 Å². The number of aromatic nitrogens is 2. The number of nitrogens with zero attached hydrogens (tertiary/aromatic N) is 2. The van der Waals surface area contributed by atoms with E-state index in [1.807, 2.05) is 0 Å². The van der Waals surface area contributed by atoms with Crippen LogP contribution in [0, 0.1) is 0 Å². The molecule has 0 aromatic carbocycles. The molecular formula is C13H22BrN3.